The third-order valence-electron chi connectivity index (χ3n) is 3.51. The summed E-state index contributed by atoms with van der Waals surface area (Å²) in [7, 11) is 0. The molecule has 0 radical (unpaired) electrons. The van der Waals surface area contributed by atoms with Gasteiger partial charge in [-0.3, -0.25) is 4.79 Å². The minimum absolute atomic E-state index is 0.00378. The van der Waals surface area contributed by atoms with Crippen molar-refractivity contribution in [3.63, 3.8) is 0 Å². The maximum Gasteiger partial charge on any atom is 0.248 e. The van der Waals surface area contributed by atoms with E-state index in [0.29, 0.717) is 6.42 Å². The summed E-state index contributed by atoms with van der Waals surface area (Å²) in [6.45, 7) is 9.25. The van der Waals surface area contributed by atoms with Crippen molar-refractivity contribution in [2.24, 2.45) is 4.99 Å². The second kappa shape index (κ2) is 6.35. The zero-order valence-corrected chi connectivity index (χ0v) is 13.5. The minimum Gasteiger partial charge on any atom is -0.316 e. The van der Waals surface area contributed by atoms with Gasteiger partial charge in [0.15, 0.2) is 4.80 Å². The van der Waals surface area contributed by atoms with Crippen LogP contribution < -0.4 is 4.80 Å². The second-order valence-electron chi connectivity index (χ2n) is 5.12. The van der Waals surface area contributed by atoms with Gasteiger partial charge in [0, 0.05) is 13.0 Å². The molecule has 0 fully saturated rings. The highest BCUT2D eigenvalue weighted by Gasteiger charge is 2.10. The molecule has 1 amide bonds. The summed E-state index contributed by atoms with van der Waals surface area (Å²) in [6, 6.07) is 4.27. The van der Waals surface area contributed by atoms with Gasteiger partial charge in [0.1, 0.15) is 0 Å². The van der Waals surface area contributed by atoms with Crippen LogP contribution in [-0.4, -0.2) is 10.5 Å². The number of rotatable bonds is 4. The molecule has 0 N–H and O–H groups in total. The van der Waals surface area contributed by atoms with Crippen molar-refractivity contribution < 1.29 is 4.79 Å². The number of hydrogen-bond donors (Lipinski definition) is 0. The normalized spacial score (nSPS) is 12.3. The molecule has 1 heterocycles. The molecule has 108 valence electrons. The fraction of sp³-hybridized carbons (Fsp3) is 0.500. The zero-order chi connectivity index (χ0) is 14.7. The Hall–Kier alpha value is -1.42. The number of aryl methyl sites for hydroxylation is 3. The van der Waals surface area contributed by atoms with Crippen LogP contribution in [-0.2, 0) is 11.3 Å². The topological polar surface area (TPSA) is 34.4 Å². The van der Waals surface area contributed by atoms with E-state index in [0.717, 1.165) is 24.2 Å². The SMILES string of the molecule is CCCCC(=O)N=c1sc2c(C)ccc(C)c2n1CC. The third-order valence-corrected chi connectivity index (χ3v) is 4.72. The molecule has 0 unspecified atom stereocenters. The number of hydrogen-bond acceptors (Lipinski definition) is 2. The average molecular weight is 290 g/mol. The van der Waals surface area contributed by atoms with Gasteiger partial charge >= 0.3 is 0 Å². The molecule has 1 aromatic carbocycles. The van der Waals surface area contributed by atoms with Gasteiger partial charge in [0.25, 0.3) is 0 Å². The van der Waals surface area contributed by atoms with E-state index in [9.17, 15) is 4.79 Å². The Balaban J connectivity index is 2.60. The van der Waals surface area contributed by atoms with Crippen molar-refractivity contribution in [2.75, 3.05) is 0 Å². The first-order chi connectivity index (χ1) is 9.58. The predicted octanol–water partition coefficient (Wildman–Crippen LogP) is 3.96. The summed E-state index contributed by atoms with van der Waals surface area (Å²) in [4.78, 5) is 17.1. The van der Waals surface area contributed by atoms with E-state index in [2.05, 4.69) is 49.4 Å². The number of fused-ring (bicyclic) bond motifs is 1. The minimum atomic E-state index is -0.00378. The fourth-order valence-electron chi connectivity index (χ4n) is 2.34. The maximum atomic E-state index is 11.9. The molecule has 3 nitrogen and oxygen atoms in total. The monoisotopic (exact) mass is 290 g/mol. The summed E-state index contributed by atoms with van der Waals surface area (Å²) in [5.74, 6) is -0.00378. The number of aromatic nitrogens is 1. The summed E-state index contributed by atoms with van der Waals surface area (Å²) >= 11 is 1.63. The number of benzene rings is 1. The zero-order valence-electron chi connectivity index (χ0n) is 12.7. The van der Waals surface area contributed by atoms with Crippen molar-refractivity contribution >= 4 is 27.5 Å². The first-order valence-electron chi connectivity index (χ1n) is 7.25. The highest BCUT2D eigenvalue weighted by molar-refractivity contribution is 7.16. The summed E-state index contributed by atoms with van der Waals surface area (Å²) < 4.78 is 3.40. The van der Waals surface area contributed by atoms with Crippen molar-refractivity contribution in [1.82, 2.24) is 4.57 Å². The van der Waals surface area contributed by atoms with E-state index in [1.165, 1.54) is 21.3 Å². The molecular weight excluding hydrogens is 268 g/mol. The Kier molecular flexibility index (Phi) is 4.76. The molecular formula is C16H22N2OS. The molecule has 0 aliphatic heterocycles. The number of nitrogens with zero attached hydrogens (tertiary/aromatic N) is 2. The lowest BCUT2D eigenvalue weighted by Crippen LogP contribution is -2.16. The van der Waals surface area contributed by atoms with Crippen molar-refractivity contribution in [3.8, 4) is 0 Å². The quantitative estimate of drug-likeness (QED) is 0.839. The predicted molar refractivity (Wildman–Crippen MR) is 85.1 cm³/mol. The molecule has 2 rings (SSSR count). The van der Waals surface area contributed by atoms with Gasteiger partial charge in [-0.2, -0.15) is 4.99 Å². The number of carbonyl (C=O) groups is 1. The molecule has 0 saturated heterocycles. The number of unbranched alkanes of at least 4 members (excludes halogenated alkanes) is 1. The Morgan fingerprint density at radius 1 is 1.25 bits per heavy atom. The molecule has 0 aliphatic rings. The first-order valence-corrected chi connectivity index (χ1v) is 8.07. The van der Waals surface area contributed by atoms with Crippen LogP contribution in [0.2, 0.25) is 0 Å². The lowest BCUT2D eigenvalue weighted by Gasteiger charge is -2.04. The number of thiazole rings is 1. The Morgan fingerprint density at radius 2 is 1.95 bits per heavy atom. The van der Waals surface area contributed by atoms with Crippen molar-refractivity contribution in [2.45, 2.75) is 53.5 Å². The van der Waals surface area contributed by atoms with Gasteiger partial charge < -0.3 is 4.57 Å². The van der Waals surface area contributed by atoms with Crippen LogP contribution >= 0.6 is 11.3 Å². The van der Waals surface area contributed by atoms with E-state index < -0.39 is 0 Å². The van der Waals surface area contributed by atoms with E-state index in [-0.39, 0.29) is 5.91 Å². The lowest BCUT2D eigenvalue weighted by atomic mass is 10.1. The largest absolute Gasteiger partial charge is 0.316 e. The van der Waals surface area contributed by atoms with Crippen LogP contribution in [0.15, 0.2) is 17.1 Å². The lowest BCUT2D eigenvalue weighted by molar-refractivity contribution is -0.118. The third kappa shape index (κ3) is 2.85. The van der Waals surface area contributed by atoms with Crippen LogP contribution in [0.1, 0.15) is 44.2 Å². The highest BCUT2D eigenvalue weighted by atomic mass is 32.1. The molecule has 0 spiro atoms. The molecule has 20 heavy (non-hydrogen) atoms. The van der Waals surface area contributed by atoms with E-state index in [1.54, 1.807) is 11.3 Å². The summed E-state index contributed by atoms with van der Waals surface area (Å²) in [5.41, 5.74) is 3.71. The maximum absolute atomic E-state index is 11.9. The first kappa shape index (κ1) is 15.0. The van der Waals surface area contributed by atoms with Crippen LogP contribution in [0.3, 0.4) is 0 Å². The molecule has 0 aliphatic carbocycles. The fourth-order valence-corrected chi connectivity index (χ4v) is 3.60. The Labute approximate surface area is 124 Å². The number of amides is 1. The Morgan fingerprint density at radius 3 is 2.60 bits per heavy atom. The molecule has 4 heteroatoms. The Bertz CT molecular complexity index is 694. The smallest absolute Gasteiger partial charge is 0.248 e. The molecule has 1 aromatic heterocycles. The van der Waals surface area contributed by atoms with Gasteiger partial charge in [-0.15, -0.1) is 0 Å². The van der Waals surface area contributed by atoms with Gasteiger partial charge in [0.2, 0.25) is 5.91 Å². The van der Waals surface area contributed by atoms with E-state index in [4.69, 9.17) is 0 Å². The molecule has 0 bridgehead atoms. The van der Waals surface area contributed by atoms with E-state index >= 15 is 0 Å². The molecule has 0 atom stereocenters. The highest BCUT2D eigenvalue weighted by Crippen LogP contribution is 2.24. The average Bonchev–Trinajstić information content (AvgIpc) is 2.80. The summed E-state index contributed by atoms with van der Waals surface area (Å²) in [5, 5.41) is 0. The van der Waals surface area contributed by atoms with Crippen LogP contribution in [0, 0.1) is 13.8 Å². The van der Waals surface area contributed by atoms with Crippen molar-refractivity contribution in [1.29, 1.82) is 0 Å². The summed E-state index contributed by atoms with van der Waals surface area (Å²) in [6.07, 6.45) is 2.49. The number of carbonyl (C=O) groups excluding carboxylic acids is 1. The van der Waals surface area contributed by atoms with Gasteiger partial charge in [-0.1, -0.05) is 36.8 Å². The van der Waals surface area contributed by atoms with Crippen LogP contribution in [0.5, 0.6) is 0 Å². The molecule has 2 aromatic rings. The van der Waals surface area contributed by atoms with E-state index in [1.807, 2.05) is 0 Å². The van der Waals surface area contributed by atoms with Crippen LogP contribution in [0.4, 0.5) is 0 Å². The van der Waals surface area contributed by atoms with Crippen LogP contribution in [0.25, 0.3) is 10.2 Å². The molecule has 0 saturated carbocycles. The second-order valence-corrected chi connectivity index (χ2v) is 6.09. The van der Waals surface area contributed by atoms with Gasteiger partial charge in [-0.05, 0) is 38.3 Å². The van der Waals surface area contributed by atoms with Crippen molar-refractivity contribution in [3.05, 3.63) is 28.1 Å². The standard InChI is InChI=1S/C16H22N2OS/c1-5-7-8-13(19)17-16-18(6-2)14-11(3)9-10-12(4)15(14)20-16/h9-10H,5-8H2,1-4H3. The van der Waals surface area contributed by atoms with Gasteiger partial charge in [0.05, 0.1) is 10.2 Å². The van der Waals surface area contributed by atoms with Gasteiger partial charge in [-0.25, -0.2) is 0 Å².